The zero-order chi connectivity index (χ0) is 15.9. The maximum absolute atomic E-state index is 3.88. The molecule has 2 unspecified atom stereocenters. The summed E-state index contributed by atoms with van der Waals surface area (Å²) in [5.74, 6) is 0. The molecule has 0 heterocycles. The van der Waals surface area contributed by atoms with E-state index >= 15 is 0 Å². The first-order chi connectivity index (χ1) is 9.92. The summed E-state index contributed by atoms with van der Waals surface area (Å²) in [6.45, 7) is 14.3. The summed E-state index contributed by atoms with van der Waals surface area (Å²) in [6.07, 6.45) is 6.58. The van der Waals surface area contributed by atoms with Crippen molar-refractivity contribution in [3.8, 4) is 0 Å². The lowest BCUT2D eigenvalue weighted by Crippen LogP contribution is -2.59. The van der Waals surface area contributed by atoms with Crippen molar-refractivity contribution in [2.75, 3.05) is 40.3 Å². The van der Waals surface area contributed by atoms with Crippen LogP contribution in [0.3, 0.4) is 0 Å². The minimum atomic E-state index is 0.419. The van der Waals surface area contributed by atoms with Gasteiger partial charge in [-0.05, 0) is 58.3 Å². The number of rotatable bonds is 9. The summed E-state index contributed by atoms with van der Waals surface area (Å²) in [5.41, 5.74) is 0.419. The fourth-order valence-electron chi connectivity index (χ4n) is 3.77. The average molecular weight is 298 g/mol. The summed E-state index contributed by atoms with van der Waals surface area (Å²) in [6, 6.07) is 1.35. The van der Waals surface area contributed by atoms with Crippen LogP contribution in [0.2, 0.25) is 0 Å². The van der Waals surface area contributed by atoms with E-state index in [9.17, 15) is 0 Å². The van der Waals surface area contributed by atoms with E-state index in [1.54, 1.807) is 0 Å². The number of nitrogens with zero attached hydrogens (tertiary/aromatic N) is 2. The highest BCUT2D eigenvalue weighted by molar-refractivity contribution is 4.98. The molecule has 0 radical (unpaired) electrons. The number of nitrogens with one attached hydrogen (secondary N) is 1. The molecule has 1 N–H and O–H groups in total. The fourth-order valence-corrected chi connectivity index (χ4v) is 3.77. The molecule has 0 aromatic rings. The Labute approximate surface area is 133 Å². The molecule has 1 aliphatic rings. The lowest BCUT2D eigenvalue weighted by Gasteiger charge is -2.49. The Kier molecular flexibility index (Phi) is 8.22. The molecule has 0 aliphatic heterocycles. The second-order valence-corrected chi connectivity index (χ2v) is 7.72. The molecule has 1 fully saturated rings. The number of hydrogen-bond donors (Lipinski definition) is 1. The molecule has 0 aromatic heterocycles. The van der Waals surface area contributed by atoms with Gasteiger partial charge in [-0.25, -0.2) is 0 Å². The molecule has 1 rings (SSSR count). The fraction of sp³-hybridized carbons (Fsp3) is 1.00. The molecule has 0 saturated heterocycles. The topological polar surface area (TPSA) is 18.5 Å². The Hall–Kier alpha value is -0.120. The second-order valence-electron chi connectivity index (χ2n) is 7.72. The highest BCUT2D eigenvalue weighted by atomic mass is 15.2. The predicted octanol–water partition coefficient (Wildman–Crippen LogP) is 3.21. The third kappa shape index (κ3) is 5.88. The summed E-state index contributed by atoms with van der Waals surface area (Å²) in [4.78, 5) is 5.07. The van der Waals surface area contributed by atoms with E-state index in [2.05, 4.69) is 56.9 Å². The van der Waals surface area contributed by atoms with Gasteiger partial charge in [-0.3, -0.25) is 4.90 Å². The van der Waals surface area contributed by atoms with Crippen molar-refractivity contribution < 1.29 is 0 Å². The van der Waals surface area contributed by atoms with Gasteiger partial charge in [0.1, 0.15) is 0 Å². The van der Waals surface area contributed by atoms with Crippen molar-refractivity contribution in [3.05, 3.63) is 0 Å². The van der Waals surface area contributed by atoms with Crippen molar-refractivity contribution in [3.63, 3.8) is 0 Å². The third-order valence-electron chi connectivity index (χ3n) is 4.98. The van der Waals surface area contributed by atoms with Crippen LogP contribution in [0.25, 0.3) is 0 Å². The summed E-state index contributed by atoms with van der Waals surface area (Å²) >= 11 is 0. The van der Waals surface area contributed by atoms with Gasteiger partial charge in [-0.15, -0.1) is 0 Å². The molecule has 0 amide bonds. The van der Waals surface area contributed by atoms with Crippen LogP contribution >= 0.6 is 0 Å². The average Bonchev–Trinajstić information content (AvgIpc) is 2.41. The zero-order valence-corrected chi connectivity index (χ0v) is 15.4. The minimum Gasteiger partial charge on any atom is -0.312 e. The van der Waals surface area contributed by atoms with Crippen LogP contribution in [-0.2, 0) is 0 Å². The number of likely N-dealkylation sites (N-methyl/N-ethyl adjacent to an activating group) is 1. The monoisotopic (exact) mass is 297 g/mol. The van der Waals surface area contributed by atoms with Crippen LogP contribution in [0.15, 0.2) is 0 Å². The quantitative estimate of drug-likeness (QED) is 0.705. The number of hydrogen-bond acceptors (Lipinski definition) is 3. The van der Waals surface area contributed by atoms with Gasteiger partial charge in [-0.1, -0.05) is 34.1 Å². The van der Waals surface area contributed by atoms with Crippen molar-refractivity contribution >= 4 is 0 Å². The second kappa shape index (κ2) is 9.12. The summed E-state index contributed by atoms with van der Waals surface area (Å²) in [7, 11) is 4.36. The molecule has 1 aliphatic carbocycles. The normalized spacial score (nSPS) is 25.7. The van der Waals surface area contributed by atoms with E-state index in [-0.39, 0.29) is 0 Å². The maximum Gasteiger partial charge on any atom is 0.0274 e. The van der Waals surface area contributed by atoms with Crippen LogP contribution in [-0.4, -0.2) is 62.2 Å². The zero-order valence-electron chi connectivity index (χ0n) is 15.4. The molecule has 21 heavy (non-hydrogen) atoms. The third-order valence-corrected chi connectivity index (χ3v) is 4.98. The molecular formula is C18H39N3. The lowest BCUT2D eigenvalue weighted by atomic mass is 9.70. The first-order valence-corrected chi connectivity index (χ1v) is 9.04. The summed E-state index contributed by atoms with van der Waals surface area (Å²) < 4.78 is 0. The van der Waals surface area contributed by atoms with Gasteiger partial charge in [0, 0.05) is 25.2 Å². The van der Waals surface area contributed by atoms with E-state index in [0.29, 0.717) is 17.5 Å². The van der Waals surface area contributed by atoms with Crippen molar-refractivity contribution in [1.82, 2.24) is 15.1 Å². The van der Waals surface area contributed by atoms with Crippen LogP contribution < -0.4 is 5.32 Å². The molecule has 2 atom stereocenters. The Morgan fingerprint density at radius 1 is 1.05 bits per heavy atom. The Balaban J connectivity index is 2.79. The van der Waals surface area contributed by atoms with Crippen LogP contribution in [0.5, 0.6) is 0 Å². The van der Waals surface area contributed by atoms with Crippen LogP contribution in [0, 0.1) is 5.41 Å². The lowest BCUT2D eigenvalue weighted by molar-refractivity contribution is 0.0448. The van der Waals surface area contributed by atoms with Gasteiger partial charge >= 0.3 is 0 Å². The van der Waals surface area contributed by atoms with Crippen molar-refractivity contribution in [2.24, 2.45) is 5.41 Å². The highest BCUT2D eigenvalue weighted by Crippen LogP contribution is 2.37. The Morgan fingerprint density at radius 3 is 2.33 bits per heavy atom. The SMILES string of the molecule is CCCNC1C(N(CCC)CCN(C)C)CCCC1(C)C. The maximum atomic E-state index is 3.88. The van der Waals surface area contributed by atoms with Crippen molar-refractivity contribution in [1.29, 1.82) is 0 Å². The van der Waals surface area contributed by atoms with Gasteiger partial charge in [-0.2, -0.15) is 0 Å². The molecule has 3 heteroatoms. The van der Waals surface area contributed by atoms with E-state index in [4.69, 9.17) is 0 Å². The first-order valence-electron chi connectivity index (χ1n) is 9.04. The largest absolute Gasteiger partial charge is 0.312 e. The minimum absolute atomic E-state index is 0.419. The molecule has 1 saturated carbocycles. The van der Waals surface area contributed by atoms with Crippen molar-refractivity contribution in [2.45, 2.75) is 71.9 Å². The smallest absolute Gasteiger partial charge is 0.0274 e. The Morgan fingerprint density at radius 2 is 1.76 bits per heavy atom. The van der Waals surface area contributed by atoms with Gasteiger partial charge in [0.05, 0.1) is 0 Å². The Bertz CT molecular complexity index is 276. The molecule has 0 aromatic carbocycles. The molecule has 0 spiro atoms. The van der Waals surface area contributed by atoms with Gasteiger partial charge in [0.2, 0.25) is 0 Å². The highest BCUT2D eigenvalue weighted by Gasteiger charge is 2.40. The first kappa shape index (κ1) is 18.9. The predicted molar refractivity (Wildman–Crippen MR) is 93.9 cm³/mol. The molecule has 0 bridgehead atoms. The van der Waals surface area contributed by atoms with E-state index in [0.717, 1.165) is 13.1 Å². The molecule has 3 nitrogen and oxygen atoms in total. The van der Waals surface area contributed by atoms with Gasteiger partial charge < -0.3 is 10.2 Å². The van der Waals surface area contributed by atoms with E-state index in [1.165, 1.54) is 45.2 Å². The van der Waals surface area contributed by atoms with Crippen LogP contribution in [0.4, 0.5) is 0 Å². The summed E-state index contributed by atoms with van der Waals surface area (Å²) in [5, 5.41) is 3.88. The van der Waals surface area contributed by atoms with Gasteiger partial charge in [0.15, 0.2) is 0 Å². The van der Waals surface area contributed by atoms with E-state index in [1.807, 2.05) is 0 Å². The molecule has 126 valence electrons. The standard InChI is InChI=1S/C18H39N3/c1-7-12-19-17-16(10-9-11-18(17,3)4)21(13-8-2)15-14-20(5)6/h16-17,19H,7-15H2,1-6H3. The molecular weight excluding hydrogens is 258 g/mol. The van der Waals surface area contributed by atoms with Gasteiger partial charge in [0.25, 0.3) is 0 Å². The van der Waals surface area contributed by atoms with E-state index < -0.39 is 0 Å². The van der Waals surface area contributed by atoms with Crippen LogP contribution in [0.1, 0.15) is 59.8 Å².